The first kappa shape index (κ1) is 12.5. The van der Waals surface area contributed by atoms with E-state index >= 15 is 0 Å². The Kier molecular flexibility index (Phi) is 3.88. The fourth-order valence-corrected chi connectivity index (χ4v) is 1.88. The zero-order valence-corrected chi connectivity index (χ0v) is 10.3. The summed E-state index contributed by atoms with van der Waals surface area (Å²) in [5.74, 6) is -0.117. The summed E-state index contributed by atoms with van der Waals surface area (Å²) < 4.78 is 1.61. The van der Waals surface area contributed by atoms with E-state index in [0.29, 0.717) is 24.2 Å². The van der Waals surface area contributed by atoms with Gasteiger partial charge in [0.2, 0.25) is 0 Å². The van der Waals surface area contributed by atoms with Crippen molar-refractivity contribution >= 4 is 11.4 Å². The summed E-state index contributed by atoms with van der Waals surface area (Å²) in [7, 11) is 0. The Balaban J connectivity index is 2.31. The maximum atomic E-state index is 12.3. The smallest absolute Gasteiger partial charge is 0.257 e. The average molecular weight is 248 g/mol. The Morgan fingerprint density at radius 1 is 1.44 bits per heavy atom. The van der Waals surface area contributed by atoms with Crippen molar-refractivity contribution in [1.29, 1.82) is 0 Å². The standard InChI is InChI=1S/C12H16N4O2/c1-2-4-15(6-7-17)12(18)10-8-14-16-5-3-13-9-11(10)16/h3,5,8-9,17H,2,4,6-7H2,1H3. The van der Waals surface area contributed by atoms with Gasteiger partial charge in [-0.05, 0) is 6.42 Å². The average Bonchev–Trinajstić information content (AvgIpc) is 2.81. The number of hydrogen-bond acceptors (Lipinski definition) is 4. The Labute approximate surface area is 105 Å². The number of carbonyl (C=O) groups excluding carboxylic acids is 1. The number of hydrogen-bond donors (Lipinski definition) is 1. The van der Waals surface area contributed by atoms with E-state index in [1.54, 1.807) is 34.2 Å². The van der Waals surface area contributed by atoms with E-state index in [1.165, 1.54) is 0 Å². The van der Waals surface area contributed by atoms with E-state index in [4.69, 9.17) is 5.11 Å². The van der Waals surface area contributed by atoms with E-state index < -0.39 is 0 Å². The normalized spacial score (nSPS) is 10.8. The SMILES string of the molecule is CCCN(CCO)C(=O)c1cnn2ccncc12. The molecule has 0 saturated carbocycles. The number of rotatable bonds is 5. The highest BCUT2D eigenvalue weighted by Gasteiger charge is 2.18. The monoisotopic (exact) mass is 248 g/mol. The molecule has 0 aromatic carbocycles. The second kappa shape index (κ2) is 5.59. The molecule has 0 unspecified atom stereocenters. The summed E-state index contributed by atoms with van der Waals surface area (Å²) in [5, 5.41) is 13.1. The van der Waals surface area contributed by atoms with Crippen molar-refractivity contribution in [3.8, 4) is 0 Å². The molecule has 2 heterocycles. The van der Waals surface area contributed by atoms with Gasteiger partial charge in [0.05, 0.1) is 30.1 Å². The third kappa shape index (κ3) is 2.33. The van der Waals surface area contributed by atoms with Crippen LogP contribution in [0.25, 0.3) is 5.52 Å². The Bertz CT molecular complexity index is 532. The summed E-state index contributed by atoms with van der Waals surface area (Å²) in [6.07, 6.45) is 7.32. The molecule has 0 aliphatic heterocycles. The third-order valence-corrected chi connectivity index (χ3v) is 2.71. The number of carbonyl (C=O) groups is 1. The lowest BCUT2D eigenvalue weighted by atomic mass is 10.2. The Morgan fingerprint density at radius 3 is 3.00 bits per heavy atom. The van der Waals surface area contributed by atoms with Crippen LogP contribution in [0.3, 0.4) is 0 Å². The van der Waals surface area contributed by atoms with Crippen molar-refractivity contribution in [3.63, 3.8) is 0 Å². The predicted molar refractivity (Wildman–Crippen MR) is 66.3 cm³/mol. The minimum Gasteiger partial charge on any atom is -0.395 e. The van der Waals surface area contributed by atoms with Crippen molar-refractivity contribution in [2.75, 3.05) is 19.7 Å². The maximum Gasteiger partial charge on any atom is 0.257 e. The van der Waals surface area contributed by atoms with E-state index in [0.717, 1.165) is 6.42 Å². The van der Waals surface area contributed by atoms with Gasteiger partial charge in [-0.15, -0.1) is 0 Å². The number of aliphatic hydroxyl groups is 1. The van der Waals surface area contributed by atoms with E-state index in [2.05, 4.69) is 10.1 Å². The third-order valence-electron chi connectivity index (χ3n) is 2.71. The van der Waals surface area contributed by atoms with Gasteiger partial charge in [-0.25, -0.2) is 4.52 Å². The summed E-state index contributed by atoms with van der Waals surface area (Å²) in [6, 6.07) is 0. The topological polar surface area (TPSA) is 70.7 Å². The van der Waals surface area contributed by atoms with Gasteiger partial charge in [-0.2, -0.15) is 5.10 Å². The van der Waals surface area contributed by atoms with E-state index in [1.807, 2.05) is 6.92 Å². The number of aromatic nitrogens is 3. The molecule has 2 rings (SSSR count). The van der Waals surface area contributed by atoms with Crippen LogP contribution in [0.2, 0.25) is 0 Å². The van der Waals surface area contributed by atoms with E-state index in [-0.39, 0.29) is 12.5 Å². The lowest BCUT2D eigenvalue weighted by Crippen LogP contribution is -2.34. The maximum absolute atomic E-state index is 12.3. The van der Waals surface area contributed by atoms with Gasteiger partial charge < -0.3 is 10.0 Å². The van der Waals surface area contributed by atoms with Crippen molar-refractivity contribution in [1.82, 2.24) is 19.5 Å². The Hall–Kier alpha value is -1.95. The molecule has 0 aliphatic carbocycles. The molecule has 1 N–H and O–H groups in total. The van der Waals surface area contributed by atoms with Crippen LogP contribution < -0.4 is 0 Å². The van der Waals surface area contributed by atoms with Gasteiger partial charge in [-0.1, -0.05) is 6.92 Å². The molecular formula is C12H16N4O2. The minimum absolute atomic E-state index is 0.0385. The van der Waals surface area contributed by atoms with Crippen LogP contribution in [0.4, 0.5) is 0 Å². The van der Waals surface area contributed by atoms with Crippen LogP contribution in [-0.2, 0) is 0 Å². The lowest BCUT2D eigenvalue weighted by Gasteiger charge is -2.20. The molecule has 2 aromatic heterocycles. The summed E-state index contributed by atoms with van der Waals surface area (Å²) in [5.41, 5.74) is 1.20. The Morgan fingerprint density at radius 2 is 2.28 bits per heavy atom. The molecule has 0 bridgehead atoms. The largest absolute Gasteiger partial charge is 0.395 e. The molecule has 1 amide bonds. The second-order valence-corrected chi connectivity index (χ2v) is 3.98. The fraction of sp³-hybridized carbons (Fsp3) is 0.417. The first-order valence-corrected chi connectivity index (χ1v) is 5.95. The highest BCUT2D eigenvalue weighted by Crippen LogP contribution is 2.12. The molecule has 0 atom stereocenters. The number of fused-ring (bicyclic) bond motifs is 1. The van der Waals surface area contributed by atoms with Gasteiger partial charge >= 0.3 is 0 Å². The highest BCUT2D eigenvalue weighted by atomic mass is 16.3. The molecule has 2 aromatic rings. The van der Waals surface area contributed by atoms with Crippen LogP contribution in [0.5, 0.6) is 0 Å². The summed E-state index contributed by atoms with van der Waals surface area (Å²) >= 11 is 0. The van der Waals surface area contributed by atoms with E-state index in [9.17, 15) is 4.79 Å². The van der Waals surface area contributed by atoms with Crippen LogP contribution in [0.15, 0.2) is 24.8 Å². The molecule has 0 spiro atoms. The van der Waals surface area contributed by atoms with Gasteiger partial charge in [0, 0.05) is 25.5 Å². The molecule has 0 fully saturated rings. The van der Waals surface area contributed by atoms with Gasteiger partial charge in [0.15, 0.2) is 0 Å². The van der Waals surface area contributed by atoms with Crippen molar-refractivity contribution in [2.45, 2.75) is 13.3 Å². The minimum atomic E-state index is -0.117. The molecular weight excluding hydrogens is 232 g/mol. The first-order chi connectivity index (χ1) is 8.77. The van der Waals surface area contributed by atoms with Crippen LogP contribution >= 0.6 is 0 Å². The van der Waals surface area contributed by atoms with Crippen molar-refractivity contribution in [2.24, 2.45) is 0 Å². The zero-order chi connectivity index (χ0) is 13.0. The highest BCUT2D eigenvalue weighted by molar-refractivity contribution is 6.00. The van der Waals surface area contributed by atoms with Crippen LogP contribution in [-0.4, -0.2) is 50.2 Å². The van der Waals surface area contributed by atoms with Gasteiger partial charge in [0.25, 0.3) is 5.91 Å². The molecule has 0 radical (unpaired) electrons. The quantitative estimate of drug-likeness (QED) is 0.840. The summed E-state index contributed by atoms with van der Waals surface area (Å²) in [4.78, 5) is 18.0. The molecule has 96 valence electrons. The molecule has 6 heteroatoms. The molecule has 0 saturated heterocycles. The number of aliphatic hydroxyl groups excluding tert-OH is 1. The predicted octanol–water partition coefficient (Wildman–Crippen LogP) is 0.574. The number of amides is 1. The van der Waals surface area contributed by atoms with Crippen LogP contribution in [0, 0.1) is 0 Å². The van der Waals surface area contributed by atoms with Crippen molar-refractivity contribution in [3.05, 3.63) is 30.4 Å². The van der Waals surface area contributed by atoms with Crippen molar-refractivity contribution < 1.29 is 9.90 Å². The second-order valence-electron chi connectivity index (χ2n) is 3.98. The van der Waals surface area contributed by atoms with Gasteiger partial charge in [0.1, 0.15) is 0 Å². The lowest BCUT2D eigenvalue weighted by molar-refractivity contribution is 0.0724. The van der Waals surface area contributed by atoms with Crippen LogP contribution in [0.1, 0.15) is 23.7 Å². The summed E-state index contributed by atoms with van der Waals surface area (Å²) in [6.45, 7) is 2.92. The molecule has 0 aliphatic rings. The fourth-order valence-electron chi connectivity index (χ4n) is 1.88. The van der Waals surface area contributed by atoms with Gasteiger partial charge in [-0.3, -0.25) is 9.78 Å². The molecule has 18 heavy (non-hydrogen) atoms. The first-order valence-electron chi connectivity index (χ1n) is 5.95. The number of nitrogens with zero attached hydrogens (tertiary/aromatic N) is 4. The zero-order valence-electron chi connectivity index (χ0n) is 10.3. The molecule has 6 nitrogen and oxygen atoms in total.